The molecular weight excluding hydrogens is 397 g/mol. The van der Waals surface area contributed by atoms with Crippen LogP contribution in [-0.2, 0) is 29.9 Å². The molecule has 0 spiro atoms. The fraction of sp³-hybridized carbons (Fsp3) is 0.294. The van der Waals surface area contributed by atoms with Crippen LogP contribution in [0.3, 0.4) is 0 Å². The maximum Gasteiger partial charge on any atom is 0.334 e. The van der Waals surface area contributed by atoms with Gasteiger partial charge in [-0.1, -0.05) is 0 Å². The lowest BCUT2D eigenvalue weighted by atomic mass is 9.94. The molecule has 1 fully saturated rings. The first-order valence-corrected chi connectivity index (χ1v) is 9.80. The van der Waals surface area contributed by atoms with Crippen LogP contribution in [-0.4, -0.2) is 36.5 Å². The summed E-state index contributed by atoms with van der Waals surface area (Å²) in [7, 11) is -4.32. The molecule has 1 saturated heterocycles. The minimum atomic E-state index is -4.32. The number of hydrogen-bond donors (Lipinski definition) is 0. The van der Waals surface area contributed by atoms with Crippen molar-refractivity contribution < 1.29 is 31.5 Å². The zero-order valence-corrected chi connectivity index (χ0v) is 16.1. The molecule has 0 amide bonds. The summed E-state index contributed by atoms with van der Waals surface area (Å²) >= 11 is 5.12. The molecule has 7 nitrogen and oxygen atoms in total. The van der Waals surface area contributed by atoms with Crippen molar-refractivity contribution in [1.82, 2.24) is 4.31 Å². The smallest absolute Gasteiger partial charge is 0.334 e. The second kappa shape index (κ2) is 6.93. The van der Waals surface area contributed by atoms with Crippen LogP contribution in [0.4, 0.5) is 4.39 Å². The molecule has 144 valence electrons. The van der Waals surface area contributed by atoms with E-state index in [1.54, 1.807) is 19.1 Å². The third-order valence-corrected chi connectivity index (χ3v) is 6.28. The van der Waals surface area contributed by atoms with E-state index in [1.165, 1.54) is 13.2 Å². The summed E-state index contributed by atoms with van der Waals surface area (Å²) in [5, 5.41) is -0.434. The normalized spacial score (nSPS) is 22.6. The Morgan fingerprint density at radius 1 is 1.33 bits per heavy atom. The number of ether oxygens (including phenoxy) is 2. The molecule has 10 heteroatoms. The van der Waals surface area contributed by atoms with Gasteiger partial charge in [-0.25, -0.2) is 21.9 Å². The first-order chi connectivity index (χ1) is 12.7. The lowest BCUT2D eigenvalue weighted by Gasteiger charge is -2.28. The number of esters is 1. The quantitative estimate of drug-likeness (QED) is 0.550. The number of carbonyl (C=O) groups excluding carboxylic acids is 1. The number of benzene rings is 1. The van der Waals surface area contributed by atoms with Gasteiger partial charge in [0.15, 0.2) is 11.6 Å². The Bertz CT molecular complexity index is 958. The average molecular weight is 413 g/mol. The molecule has 1 aliphatic heterocycles. The van der Waals surface area contributed by atoms with E-state index in [1.807, 2.05) is 0 Å². The largest absolute Gasteiger partial charge is 0.465 e. The molecule has 2 atom stereocenters. The van der Waals surface area contributed by atoms with Gasteiger partial charge in [0, 0.05) is 0 Å². The second-order valence-electron chi connectivity index (χ2n) is 5.86. The summed E-state index contributed by atoms with van der Waals surface area (Å²) in [6, 6.07) is 5.83. The highest BCUT2D eigenvalue weighted by Gasteiger charge is 2.60. The molecule has 2 heterocycles. The van der Waals surface area contributed by atoms with Gasteiger partial charge in [0.05, 0.1) is 17.8 Å². The third kappa shape index (κ3) is 3.19. The van der Waals surface area contributed by atoms with Crippen LogP contribution in [0, 0.1) is 5.82 Å². The van der Waals surface area contributed by atoms with Crippen LogP contribution in [0.25, 0.3) is 0 Å². The molecule has 0 unspecified atom stereocenters. The average Bonchev–Trinajstić information content (AvgIpc) is 3.22. The van der Waals surface area contributed by atoms with Gasteiger partial charge in [0.25, 0.3) is 15.2 Å². The zero-order valence-electron chi connectivity index (χ0n) is 14.4. The predicted molar refractivity (Wildman–Crippen MR) is 95.6 cm³/mol. The first-order valence-electron chi connectivity index (χ1n) is 7.95. The van der Waals surface area contributed by atoms with Crippen molar-refractivity contribution in [2.45, 2.75) is 30.4 Å². The van der Waals surface area contributed by atoms with Crippen molar-refractivity contribution in [2.24, 2.45) is 0 Å². The van der Waals surface area contributed by atoms with Gasteiger partial charge in [0.2, 0.25) is 0 Å². The van der Waals surface area contributed by atoms with E-state index in [4.69, 9.17) is 26.1 Å². The monoisotopic (exact) mass is 413 g/mol. The van der Waals surface area contributed by atoms with Crippen molar-refractivity contribution in [3.8, 4) is 0 Å². The predicted octanol–water partition coefficient (Wildman–Crippen LogP) is 2.57. The van der Waals surface area contributed by atoms with E-state index in [2.05, 4.69) is 0 Å². The molecule has 0 N–H and O–H groups in total. The van der Waals surface area contributed by atoms with Crippen LogP contribution >= 0.6 is 12.2 Å². The number of thiocarbonyl (C=S) groups is 1. The Hall–Kier alpha value is -2.46. The molecule has 1 aromatic heterocycles. The van der Waals surface area contributed by atoms with Crippen molar-refractivity contribution in [1.29, 1.82) is 0 Å². The Kier molecular flexibility index (Phi) is 4.96. The first kappa shape index (κ1) is 19.3. The number of furan rings is 1. The Labute approximate surface area is 160 Å². The van der Waals surface area contributed by atoms with E-state index in [0.717, 1.165) is 24.3 Å². The number of nitrogens with zero attached hydrogens (tertiary/aromatic N) is 1. The summed E-state index contributed by atoms with van der Waals surface area (Å²) in [6.07, 6.45) is 1.37. The highest BCUT2D eigenvalue weighted by atomic mass is 32.2. The Morgan fingerprint density at radius 2 is 2.00 bits per heavy atom. The summed E-state index contributed by atoms with van der Waals surface area (Å²) in [5.74, 6) is -1.24. The molecule has 1 aliphatic rings. The third-order valence-electron chi connectivity index (χ3n) is 4.13. The van der Waals surface area contributed by atoms with Crippen LogP contribution < -0.4 is 0 Å². The van der Waals surface area contributed by atoms with Crippen molar-refractivity contribution in [3.05, 3.63) is 54.2 Å². The van der Waals surface area contributed by atoms with E-state index >= 15 is 0 Å². The number of rotatable bonds is 5. The van der Waals surface area contributed by atoms with Gasteiger partial charge < -0.3 is 13.9 Å². The maximum absolute atomic E-state index is 13.2. The van der Waals surface area contributed by atoms with Gasteiger partial charge in [-0.2, -0.15) is 0 Å². The van der Waals surface area contributed by atoms with Gasteiger partial charge in [-0.3, -0.25) is 0 Å². The van der Waals surface area contributed by atoms with E-state index in [0.29, 0.717) is 4.31 Å². The highest BCUT2D eigenvalue weighted by molar-refractivity contribution is 7.91. The van der Waals surface area contributed by atoms with Crippen LogP contribution in [0.1, 0.15) is 19.6 Å². The van der Waals surface area contributed by atoms with Crippen molar-refractivity contribution >= 4 is 33.4 Å². The van der Waals surface area contributed by atoms with Gasteiger partial charge >= 0.3 is 5.97 Å². The molecule has 2 aromatic rings. The molecule has 27 heavy (non-hydrogen) atoms. The van der Waals surface area contributed by atoms with E-state index in [9.17, 15) is 17.6 Å². The highest BCUT2D eigenvalue weighted by Crippen LogP contribution is 2.42. The SMILES string of the molecule is CCOC(=O)[C@@H]1N(S(=O)(=O)c2ccc(F)cc2)C(=S)O[C@]1(C)c1ccco1. The summed E-state index contributed by atoms with van der Waals surface area (Å²) < 4.78 is 56.2. The fourth-order valence-electron chi connectivity index (χ4n) is 2.86. The summed E-state index contributed by atoms with van der Waals surface area (Å²) in [6.45, 7) is 3.11. The van der Waals surface area contributed by atoms with Gasteiger partial charge in [-0.05, 0) is 62.5 Å². The van der Waals surface area contributed by atoms with Crippen LogP contribution in [0.5, 0.6) is 0 Å². The van der Waals surface area contributed by atoms with Crippen molar-refractivity contribution in [2.75, 3.05) is 6.61 Å². The van der Waals surface area contributed by atoms with Crippen molar-refractivity contribution in [3.63, 3.8) is 0 Å². The molecule has 1 aromatic carbocycles. The van der Waals surface area contributed by atoms with Gasteiger partial charge in [0.1, 0.15) is 11.6 Å². The zero-order chi connectivity index (χ0) is 19.8. The minimum absolute atomic E-state index is 0.0285. The van der Waals surface area contributed by atoms with E-state index < -0.39 is 38.6 Å². The summed E-state index contributed by atoms with van der Waals surface area (Å²) in [5.41, 5.74) is -1.53. The number of carbonyl (C=O) groups is 1. The Morgan fingerprint density at radius 3 is 2.56 bits per heavy atom. The number of halogens is 1. The lowest BCUT2D eigenvalue weighted by molar-refractivity contribution is -0.151. The standard InChI is InChI=1S/C17H16FNO6S2/c1-3-23-15(20)14-17(2,13-5-4-10-24-13)25-16(26)19(14)27(21,22)12-8-6-11(18)7-9-12/h4-10,14H,3H2,1-2H3/t14-,17+/m0/s1. The molecule has 0 saturated carbocycles. The topological polar surface area (TPSA) is 86.0 Å². The minimum Gasteiger partial charge on any atom is -0.465 e. The molecule has 0 radical (unpaired) electrons. The molecule has 0 bridgehead atoms. The molecule has 0 aliphatic carbocycles. The number of sulfonamides is 1. The second-order valence-corrected chi connectivity index (χ2v) is 8.03. The fourth-order valence-corrected chi connectivity index (χ4v) is 4.93. The maximum atomic E-state index is 13.2. The van der Waals surface area contributed by atoms with Gasteiger partial charge in [-0.15, -0.1) is 0 Å². The van der Waals surface area contributed by atoms with Crippen LogP contribution in [0.2, 0.25) is 0 Å². The van der Waals surface area contributed by atoms with E-state index in [-0.39, 0.29) is 17.3 Å². The summed E-state index contributed by atoms with van der Waals surface area (Å²) in [4.78, 5) is 12.4. The Balaban J connectivity index is 2.13. The van der Waals surface area contributed by atoms with Crippen LogP contribution in [0.15, 0.2) is 52.0 Å². The molecular formula is C17H16FNO6S2. The lowest BCUT2D eigenvalue weighted by Crippen LogP contribution is -2.50. The molecule has 3 rings (SSSR count). The number of hydrogen-bond acceptors (Lipinski definition) is 7.